The minimum Gasteiger partial charge on any atom is -0.480 e. The Balaban J connectivity index is 1.96. The molecule has 2 N–H and O–H groups in total. The summed E-state index contributed by atoms with van der Waals surface area (Å²) in [6.07, 6.45) is 4.40. The molecule has 0 saturated heterocycles. The molecule has 0 radical (unpaired) electrons. The predicted molar refractivity (Wildman–Crippen MR) is 83.9 cm³/mol. The van der Waals surface area contributed by atoms with E-state index in [0.717, 1.165) is 0 Å². The Bertz CT molecular complexity index is 735. The first kappa shape index (κ1) is 16.4. The lowest BCUT2D eigenvalue weighted by atomic mass is 10.2. The van der Waals surface area contributed by atoms with Crippen molar-refractivity contribution in [2.45, 2.75) is 0 Å². The molecule has 1 aromatic heterocycles. The second kappa shape index (κ2) is 7.90. The van der Waals surface area contributed by atoms with Crippen molar-refractivity contribution in [2.24, 2.45) is 5.10 Å². The number of rotatable bonds is 6. The van der Waals surface area contributed by atoms with Gasteiger partial charge in [-0.1, -0.05) is 11.6 Å². The number of nitrogens with zero attached hydrogens (tertiary/aromatic N) is 2. The highest BCUT2D eigenvalue weighted by Gasteiger charge is 2.05. The topological polar surface area (TPSA) is 101 Å². The molecular weight excluding hydrogens is 322 g/mol. The van der Waals surface area contributed by atoms with Crippen molar-refractivity contribution >= 4 is 29.7 Å². The number of pyridine rings is 1. The fraction of sp³-hybridized carbons (Fsp3) is 0.0667. The second-order valence-corrected chi connectivity index (χ2v) is 4.72. The molecule has 2 aromatic rings. The van der Waals surface area contributed by atoms with Crippen LogP contribution in [0.4, 0.5) is 0 Å². The van der Waals surface area contributed by atoms with Crippen molar-refractivity contribution in [3.05, 3.63) is 58.9 Å². The number of nitrogens with one attached hydrogen (secondary N) is 1. The van der Waals surface area contributed by atoms with Crippen LogP contribution in [-0.4, -0.2) is 34.8 Å². The predicted octanol–water partition coefficient (Wildman–Crippen LogP) is 1.96. The van der Waals surface area contributed by atoms with Gasteiger partial charge in [0.15, 0.2) is 6.61 Å². The Morgan fingerprint density at radius 2 is 2.22 bits per heavy atom. The average molecular weight is 334 g/mol. The number of carbonyl (C=O) groups is 2. The minimum atomic E-state index is -1.09. The van der Waals surface area contributed by atoms with E-state index in [1.165, 1.54) is 18.5 Å². The molecule has 1 heterocycles. The summed E-state index contributed by atoms with van der Waals surface area (Å²) in [5, 5.41) is 12.6. The monoisotopic (exact) mass is 333 g/mol. The number of aromatic nitrogens is 1. The maximum Gasteiger partial charge on any atom is 0.341 e. The summed E-state index contributed by atoms with van der Waals surface area (Å²) in [6.45, 7) is -0.478. The normalized spacial score (nSPS) is 10.5. The molecule has 118 valence electrons. The van der Waals surface area contributed by atoms with Gasteiger partial charge in [0.2, 0.25) is 0 Å². The van der Waals surface area contributed by atoms with Crippen molar-refractivity contribution in [3.8, 4) is 5.75 Å². The second-order valence-electron chi connectivity index (χ2n) is 4.31. The molecule has 23 heavy (non-hydrogen) atoms. The number of ether oxygens (including phenoxy) is 1. The largest absolute Gasteiger partial charge is 0.480 e. The molecule has 0 aliphatic heterocycles. The zero-order valence-electron chi connectivity index (χ0n) is 11.8. The summed E-state index contributed by atoms with van der Waals surface area (Å²) in [6, 6.07) is 7.95. The third-order valence-corrected chi connectivity index (χ3v) is 2.91. The molecule has 1 aromatic carbocycles. The van der Waals surface area contributed by atoms with Crippen molar-refractivity contribution in [1.82, 2.24) is 10.4 Å². The number of hydrogen-bond acceptors (Lipinski definition) is 5. The van der Waals surface area contributed by atoms with Crippen LogP contribution in [0, 0.1) is 0 Å². The van der Waals surface area contributed by atoms with E-state index in [4.69, 9.17) is 21.4 Å². The molecule has 2 rings (SSSR count). The van der Waals surface area contributed by atoms with Crippen LogP contribution in [0.5, 0.6) is 5.75 Å². The van der Waals surface area contributed by atoms with Crippen molar-refractivity contribution in [3.63, 3.8) is 0 Å². The lowest BCUT2D eigenvalue weighted by Crippen LogP contribution is -2.17. The molecule has 0 unspecified atom stereocenters. The van der Waals surface area contributed by atoms with Gasteiger partial charge in [0.05, 0.1) is 16.8 Å². The van der Waals surface area contributed by atoms with Crippen LogP contribution < -0.4 is 10.2 Å². The van der Waals surface area contributed by atoms with E-state index < -0.39 is 12.6 Å². The smallest absolute Gasteiger partial charge is 0.341 e. The summed E-state index contributed by atoms with van der Waals surface area (Å²) in [4.78, 5) is 26.0. The van der Waals surface area contributed by atoms with E-state index in [0.29, 0.717) is 11.1 Å². The molecule has 0 aliphatic rings. The van der Waals surface area contributed by atoms with Gasteiger partial charge in [0.1, 0.15) is 5.75 Å². The van der Waals surface area contributed by atoms with Gasteiger partial charge in [-0.3, -0.25) is 9.78 Å². The highest BCUT2D eigenvalue weighted by atomic mass is 35.5. The number of carbonyl (C=O) groups excluding carboxylic acids is 1. The standard InChI is InChI=1S/C15H12ClN3O4/c16-12-6-10(3-4-13(12)23-9-14(20)21)7-18-19-15(22)11-2-1-5-17-8-11/h1-8H,9H2,(H,19,22)(H,20,21)/b18-7+. The number of halogens is 1. The average Bonchev–Trinajstić information content (AvgIpc) is 2.54. The molecule has 7 nitrogen and oxygen atoms in total. The third kappa shape index (κ3) is 5.08. The van der Waals surface area contributed by atoms with E-state index in [1.54, 1.807) is 30.5 Å². The van der Waals surface area contributed by atoms with E-state index in [2.05, 4.69) is 15.5 Å². The number of hydrogen-bond donors (Lipinski definition) is 2. The van der Waals surface area contributed by atoms with Crippen LogP contribution in [0.25, 0.3) is 0 Å². The number of benzene rings is 1. The molecule has 0 bridgehead atoms. The van der Waals surface area contributed by atoms with Crippen molar-refractivity contribution in [2.75, 3.05) is 6.61 Å². The summed E-state index contributed by atoms with van der Waals surface area (Å²) >= 11 is 5.98. The van der Waals surface area contributed by atoms with Crippen LogP contribution >= 0.6 is 11.6 Å². The van der Waals surface area contributed by atoms with Gasteiger partial charge >= 0.3 is 5.97 Å². The van der Waals surface area contributed by atoms with Crippen LogP contribution in [-0.2, 0) is 4.79 Å². The van der Waals surface area contributed by atoms with Crippen LogP contribution in [0.2, 0.25) is 5.02 Å². The molecule has 0 spiro atoms. The number of aliphatic carboxylic acids is 1. The Morgan fingerprint density at radius 3 is 2.87 bits per heavy atom. The van der Waals surface area contributed by atoms with Gasteiger partial charge < -0.3 is 9.84 Å². The first-order valence-electron chi connectivity index (χ1n) is 6.44. The number of carboxylic acids is 1. The summed E-state index contributed by atoms with van der Waals surface area (Å²) in [5.41, 5.74) is 3.36. The molecule has 0 aliphatic carbocycles. The van der Waals surface area contributed by atoms with E-state index in [1.807, 2.05) is 0 Å². The zero-order valence-corrected chi connectivity index (χ0v) is 12.5. The first-order chi connectivity index (χ1) is 11.1. The highest BCUT2D eigenvalue weighted by Crippen LogP contribution is 2.24. The lowest BCUT2D eigenvalue weighted by Gasteiger charge is -2.05. The van der Waals surface area contributed by atoms with Crippen molar-refractivity contribution in [1.29, 1.82) is 0 Å². The maximum atomic E-state index is 11.7. The zero-order chi connectivity index (χ0) is 16.7. The summed E-state index contributed by atoms with van der Waals surface area (Å²) in [7, 11) is 0. The van der Waals surface area contributed by atoms with Gasteiger partial charge in [-0.25, -0.2) is 10.2 Å². The van der Waals surface area contributed by atoms with E-state index >= 15 is 0 Å². The fourth-order valence-electron chi connectivity index (χ4n) is 1.58. The van der Waals surface area contributed by atoms with Crippen molar-refractivity contribution < 1.29 is 19.4 Å². The Hall–Kier alpha value is -2.93. The Morgan fingerprint density at radius 1 is 1.39 bits per heavy atom. The first-order valence-corrected chi connectivity index (χ1v) is 6.81. The number of amides is 1. The molecule has 0 saturated carbocycles. The third-order valence-electron chi connectivity index (χ3n) is 2.61. The quantitative estimate of drug-likeness (QED) is 0.621. The van der Waals surface area contributed by atoms with E-state index in [-0.39, 0.29) is 16.7 Å². The van der Waals surface area contributed by atoms with Crippen LogP contribution in [0.1, 0.15) is 15.9 Å². The van der Waals surface area contributed by atoms with Gasteiger partial charge in [0.25, 0.3) is 5.91 Å². The molecule has 0 atom stereocenters. The number of carboxylic acid groups (broad SMARTS) is 1. The minimum absolute atomic E-state index is 0.244. The SMILES string of the molecule is O=C(O)COc1ccc(/C=N/NC(=O)c2cccnc2)cc1Cl. The fourth-order valence-corrected chi connectivity index (χ4v) is 1.82. The molecule has 1 amide bonds. The summed E-state index contributed by atoms with van der Waals surface area (Å²) < 4.78 is 5.00. The molecular formula is C15H12ClN3O4. The Labute approximate surface area is 136 Å². The summed E-state index contributed by atoms with van der Waals surface area (Å²) in [5.74, 6) is -1.22. The van der Waals surface area contributed by atoms with E-state index in [9.17, 15) is 9.59 Å². The molecule has 8 heteroatoms. The van der Waals surface area contributed by atoms with Gasteiger partial charge in [0, 0.05) is 12.4 Å². The van der Waals surface area contributed by atoms with Crippen LogP contribution in [0.15, 0.2) is 47.8 Å². The lowest BCUT2D eigenvalue weighted by molar-refractivity contribution is -0.139. The number of hydrazone groups is 1. The maximum absolute atomic E-state index is 11.7. The Kier molecular flexibility index (Phi) is 5.65. The molecule has 0 fully saturated rings. The van der Waals surface area contributed by atoms with Gasteiger partial charge in [-0.05, 0) is 35.9 Å². The highest BCUT2D eigenvalue weighted by molar-refractivity contribution is 6.32. The van der Waals surface area contributed by atoms with Gasteiger partial charge in [-0.15, -0.1) is 0 Å². The van der Waals surface area contributed by atoms with Gasteiger partial charge in [-0.2, -0.15) is 5.10 Å². The van der Waals surface area contributed by atoms with Crippen LogP contribution in [0.3, 0.4) is 0 Å².